The summed E-state index contributed by atoms with van der Waals surface area (Å²) in [7, 11) is 0. The average Bonchev–Trinajstić information content (AvgIpc) is 2.54. The summed E-state index contributed by atoms with van der Waals surface area (Å²) in [5.41, 5.74) is 2.21. The van der Waals surface area contributed by atoms with Crippen molar-refractivity contribution in [2.75, 3.05) is 10.6 Å². The van der Waals surface area contributed by atoms with Crippen LogP contribution >= 0.6 is 15.9 Å². The highest BCUT2D eigenvalue weighted by molar-refractivity contribution is 9.10. The molecule has 0 atom stereocenters. The van der Waals surface area contributed by atoms with Crippen molar-refractivity contribution in [1.82, 2.24) is 0 Å². The topological polar surface area (TPSA) is 82.0 Å². The van der Waals surface area contributed by atoms with Gasteiger partial charge < -0.3 is 10.6 Å². The Morgan fingerprint density at radius 1 is 1.00 bits per heavy atom. The van der Waals surface area contributed by atoms with E-state index >= 15 is 0 Å². The standard InChI is InChI=1S/C18H16BrN3O2/c19-16-7-2-1-4-13(16)8-9-17(23)21-14-5-3-6-15(12-14)22-18(24)10-11-20/h1-7,12H,8-10H2,(H,21,23)(H,22,24). The van der Waals surface area contributed by atoms with Gasteiger partial charge >= 0.3 is 0 Å². The smallest absolute Gasteiger partial charge is 0.238 e. The number of carbonyl (C=O) groups excluding carboxylic acids is 2. The zero-order chi connectivity index (χ0) is 17.4. The molecule has 6 heteroatoms. The molecular formula is C18H16BrN3O2. The van der Waals surface area contributed by atoms with E-state index in [0.717, 1.165) is 10.0 Å². The Bertz CT molecular complexity index is 784. The van der Waals surface area contributed by atoms with Gasteiger partial charge in [-0.3, -0.25) is 9.59 Å². The molecule has 0 aliphatic heterocycles. The SMILES string of the molecule is N#CCC(=O)Nc1cccc(NC(=O)CCc2ccccc2Br)c1. The van der Waals surface area contributed by atoms with E-state index in [1.54, 1.807) is 30.3 Å². The molecule has 0 saturated heterocycles. The number of rotatable bonds is 6. The second kappa shape index (κ2) is 8.85. The van der Waals surface area contributed by atoms with Gasteiger partial charge in [0.05, 0.1) is 6.07 Å². The third-order valence-electron chi connectivity index (χ3n) is 3.25. The summed E-state index contributed by atoms with van der Waals surface area (Å²) in [6, 6.07) is 16.4. The first kappa shape index (κ1) is 17.7. The number of nitrogens with one attached hydrogen (secondary N) is 2. The molecule has 2 aromatic rings. The lowest BCUT2D eigenvalue weighted by atomic mass is 10.1. The fourth-order valence-electron chi connectivity index (χ4n) is 2.12. The molecule has 0 aliphatic rings. The molecule has 0 bridgehead atoms. The van der Waals surface area contributed by atoms with E-state index in [0.29, 0.717) is 24.2 Å². The highest BCUT2D eigenvalue weighted by atomic mass is 79.9. The average molecular weight is 386 g/mol. The van der Waals surface area contributed by atoms with Gasteiger partial charge in [0, 0.05) is 22.3 Å². The fourth-order valence-corrected chi connectivity index (χ4v) is 2.61. The first-order valence-corrected chi connectivity index (χ1v) is 8.18. The van der Waals surface area contributed by atoms with Crippen molar-refractivity contribution in [1.29, 1.82) is 5.26 Å². The number of aryl methyl sites for hydroxylation is 1. The number of carbonyl (C=O) groups is 2. The van der Waals surface area contributed by atoms with Crippen molar-refractivity contribution in [3.8, 4) is 6.07 Å². The van der Waals surface area contributed by atoms with Gasteiger partial charge in [0.15, 0.2) is 0 Å². The third-order valence-corrected chi connectivity index (χ3v) is 4.02. The Hall–Kier alpha value is -2.65. The summed E-state index contributed by atoms with van der Waals surface area (Å²) >= 11 is 3.46. The number of nitriles is 1. The van der Waals surface area contributed by atoms with Crippen LogP contribution in [-0.2, 0) is 16.0 Å². The zero-order valence-electron chi connectivity index (χ0n) is 12.9. The Kier molecular flexibility index (Phi) is 6.52. The molecule has 2 amide bonds. The Labute approximate surface area is 148 Å². The van der Waals surface area contributed by atoms with Crippen LogP contribution < -0.4 is 10.6 Å². The van der Waals surface area contributed by atoms with E-state index in [1.807, 2.05) is 24.3 Å². The maximum atomic E-state index is 12.1. The van der Waals surface area contributed by atoms with Crippen molar-refractivity contribution in [2.24, 2.45) is 0 Å². The maximum absolute atomic E-state index is 12.1. The quantitative estimate of drug-likeness (QED) is 0.791. The molecule has 0 aromatic heterocycles. The molecule has 0 saturated carbocycles. The van der Waals surface area contributed by atoms with Crippen molar-refractivity contribution in [2.45, 2.75) is 19.3 Å². The summed E-state index contributed by atoms with van der Waals surface area (Å²) in [6.07, 6.45) is 0.780. The van der Waals surface area contributed by atoms with Crippen molar-refractivity contribution >= 4 is 39.1 Å². The van der Waals surface area contributed by atoms with E-state index in [1.165, 1.54) is 0 Å². The molecule has 2 rings (SSSR count). The molecule has 0 unspecified atom stereocenters. The highest BCUT2D eigenvalue weighted by Crippen LogP contribution is 2.19. The lowest BCUT2D eigenvalue weighted by Crippen LogP contribution is -2.13. The van der Waals surface area contributed by atoms with Gasteiger partial charge in [0.25, 0.3) is 0 Å². The predicted molar refractivity (Wildman–Crippen MR) is 96.4 cm³/mol. The summed E-state index contributed by atoms with van der Waals surface area (Å²) in [6.45, 7) is 0. The normalized spacial score (nSPS) is 9.83. The van der Waals surface area contributed by atoms with E-state index in [4.69, 9.17) is 5.26 Å². The van der Waals surface area contributed by atoms with Crippen LogP contribution in [0.2, 0.25) is 0 Å². The van der Waals surface area contributed by atoms with Crippen molar-refractivity contribution < 1.29 is 9.59 Å². The Balaban J connectivity index is 1.91. The molecule has 0 radical (unpaired) electrons. The van der Waals surface area contributed by atoms with Crippen LogP contribution in [0.25, 0.3) is 0 Å². The molecule has 2 N–H and O–H groups in total. The first-order valence-electron chi connectivity index (χ1n) is 7.38. The van der Waals surface area contributed by atoms with Crippen LogP contribution in [0.4, 0.5) is 11.4 Å². The number of anilines is 2. The van der Waals surface area contributed by atoms with Gasteiger partial charge in [-0.1, -0.05) is 40.2 Å². The maximum Gasteiger partial charge on any atom is 0.238 e. The molecule has 122 valence electrons. The van der Waals surface area contributed by atoms with Crippen LogP contribution in [-0.4, -0.2) is 11.8 Å². The monoisotopic (exact) mass is 385 g/mol. The molecular weight excluding hydrogens is 370 g/mol. The van der Waals surface area contributed by atoms with Gasteiger partial charge in [-0.25, -0.2) is 0 Å². The Morgan fingerprint density at radius 2 is 1.67 bits per heavy atom. The molecule has 0 aliphatic carbocycles. The van der Waals surface area contributed by atoms with Crippen LogP contribution in [0.3, 0.4) is 0 Å². The minimum atomic E-state index is -0.380. The first-order chi connectivity index (χ1) is 11.6. The van der Waals surface area contributed by atoms with E-state index in [2.05, 4.69) is 26.6 Å². The second-order valence-corrected chi connectivity index (χ2v) is 5.96. The number of nitrogens with zero attached hydrogens (tertiary/aromatic N) is 1. The number of benzene rings is 2. The predicted octanol–water partition coefficient (Wildman–Crippen LogP) is 3.87. The van der Waals surface area contributed by atoms with Crippen LogP contribution in [0.15, 0.2) is 53.0 Å². The minimum absolute atomic E-state index is 0.105. The summed E-state index contributed by atoms with van der Waals surface area (Å²) in [5, 5.41) is 13.9. The molecule has 0 fully saturated rings. The van der Waals surface area contributed by atoms with Crippen molar-refractivity contribution in [3.05, 3.63) is 58.6 Å². The number of hydrogen-bond donors (Lipinski definition) is 2. The highest BCUT2D eigenvalue weighted by Gasteiger charge is 2.07. The van der Waals surface area contributed by atoms with Gasteiger partial charge in [0.2, 0.25) is 11.8 Å². The molecule has 5 nitrogen and oxygen atoms in total. The molecule has 2 aromatic carbocycles. The van der Waals surface area contributed by atoms with Gasteiger partial charge in [0.1, 0.15) is 6.42 Å². The van der Waals surface area contributed by atoms with Gasteiger partial charge in [-0.15, -0.1) is 0 Å². The van der Waals surface area contributed by atoms with Crippen LogP contribution in [0.5, 0.6) is 0 Å². The fraction of sp³-hybridized carbons (Fsp3) is 0.167. The van der Waals surface area contributed by atoms with E-state index in [-0.39, 0.29) is 18.2 Å². The largest absolute Gasteiger partial charge is 0.326 e. The van der Waals surface area contributed by atoms with Gasteiger partial charge in [-0.05, 0) is 36.2 Å². The third kappa shape index (κ3) is 5.52. The van der Waals surface area contributed by atoms with E-state index in [9.17, 15) is 9.59 Å². The van der Waals surface area contributed by atoms with Crippen molar-refractivity contribution in [3.63, 3.8) is 0 Å². The minimum Gasteiger partial charge on any atom is -0.326 e. The summed E-state index contributed by atoms with van der Waals surface area (Å²) < 4.78 is 0.986. The number of halogens is 1. The molecule has 0 heterocycles. The number of amides is 2. The molecule has 0 spiro atoms. The second-order valence-electron chi connectivity index (χ2n) is 5.10. The molecule has 24 heavy (non-hydrogen) atoms. The Morgan fingerprint density at radius 3 is 2.33 bits per heavy atom. The summed E-state index contributed by atoms with van der Waals surface area (Å²) in [4.78, 5) is 23.5. The van der Waals surface area contributed by atoms with E-state index < -0.39 is 0 Å². The zero-order valence-corrected chi connectivity index (χ0v) is 14.5. The van der Waals surface area contributed by atoms with Gasteiger partial charge in [-0.2, -0.15) is 5.26 Å². The van der Waals surface area contributed by atoms with Crippen LogP contribution in [0, 0.1) is 11.3 Å². The lowest BCUT2D eigenvalue weighted by molar-refractivity contribution is -0.116. The lowest BCUT2D eigenvalue weighted by Gasteiger charge is -2.09. The van der Waals surface area contributed by atoms with Crippen LogP contribution in [0.1, 0.15) is 18.4 Å². The number of hydrogen-bond acceptors (Lipinski definition) is 3. The summed E-state index contributed by atoms with van der Waals surface area (Å²) in [5.74, 6) is -0.485.